The fourth-order valence-corrected chi connectivity index (χ4v) is 9.95. The molecule has 0 aromatic rings. The quantitative estimate of drug-likeness (QED) is 0.489. The minimum Gasteiger partial charge on any atom is -0.392 e. The van der Waals surface area contributed by atoms with Crippen LogP contribution in [0.3, 0.4) is 0 Å². The number of aliphatic hydroxyl groups is 2. The number of fused-ring (bicyclic) bond motifs is 7. The Labute approximate surface area is 206 Å². The van der Waals surface area contributed by atoms with E-state index in [1.165, 1.54) is 11.1 Å². The van der Waals surface area contributed by atoms with E-state index in [4.69, 9.17) is 4.74 Å². The molecule has 0 bridgehead atoms. The van der Waals surface area contributed by atoms with Crippen molar-refractivity contribution in [2.75, 3.05) is 0 Å². The van der Waals surface area contributed by atoms with E-state index in [9.17, 15) is 15.0 Å². The fraction of sp³-hybridized carbons (Fsp3) is 0.833. The molecule has 0 aromatic heterocycles. The molecule has 0 radical (unpaired) electrons. The Bertz CT molecular complexity index is 955. The van der Waals surface area contributed by atoms with Crippen molar-refractivity contribution >= 4 is 5.78 Å². The van der Waals surface area contributed by atoms with Gasteiger partial charge in [-0.05, 0) is 69.1 Å². The van der Waals surface area contributed by atoms with E-state index < -0.39 is 11.0 Å². The van der Waals surface area contributed by atoms with E-state index in [-0.39, 0.29) is 52.3 Å². The Morgan fingerprint density at radius 1 is 1.06 bits per heavy atom. The lowest BCUT2D eigenvalue weighted by atomic mass is 9.38. The minimum atomic E-state index is -0.868. The van der Waals surface area contributed by atoms with Gasteiger partial charge in [-0.1, -0.05) is 57.9 Å². The third-order valence-corrected chi connectivity index (χ3v) is 11.7. The average molecular weight is 471 g/mol. The first-order valence-corrected chi connectivity index (χ1v) is 13.5. The van der Waals surface area contributed by atoms with Crippen LogP contribution in [0.25, 0.3) is 0 Å². The third kappa shape index (κ3) is 2.97. The van der Waals surface area contributed by atoms with E-state index in [1.54, 1.807) is 0 Å². The maximum absolute atomic E-state index is 14.3. The van der Waals surface area contributed by atoms with E-state index in [0.29, 0.717) is 18.6 Å². The summed E-state index contributed by atoms with van der Waals surface area (Å²) in [6.45, 7) is 17.4. The molecule has 1 aliphatic heterocycles. The zero-order valence-electron chi connectivity index (χ0n) is 22.6. The predicted molar refractivity (Wildman–Crippen MR) is 134 cm³/mol. The monoisotopic (exact) mass is 470 g/mol. The molecule has 0 amide bonds. The Balaban J connectivity index is 1.59. The summed E-state index contributed by atoms with van der Waals surface area (Å²) in [6.07, 6.45) is 8.57. The van der Waals surface area contributed by atoms with Crippen LogP contribution in [0.2, 0.25) is 0 Å². The zero-order valence-corrected chi connectivity index (χ0v) is 22.6. The number of aliphatic hydroxyl groups excluding tert-OH is 1. The van der Waals surface area contributed by atoms with Gasteiger partial charge < -0.3 is 14.9 Å². The van der Waals surface area contributed by atoms with Crippen molar-refractivity contribution in [2.45, 2.75) is 118 Å². The molecule has 4 nitrogen and oxygen atoms in total. The van der Waals surface area contributed by atoms with Gasteiger partial charge in [-0.15, -0.1) is 0 Å². The average Bonchev–Trinajstić information content (AvgIpc) is 2.91. The van der Waals surface area contributed by atoms with Crippen LogP contribution >= 0.6 is 0 Å². The van der Waals surface area contributed by atoms with Gasteiger partial charge in [0, 0.05) is 29.6 Å². The maximum Gasteiger partial charge on any atom is 0.140 e. The summed E-state index contributed by atoms with van der Waals surface area (Å²) in [6, 6.07) is 0. The summed E-state index contributed by atoms with van der Waals surface area (Å²) >= 11 is 0. The number of rotatable bonds is 1. The number of ketones is 1. The van der Waals surface area contributed by atoms with Crippen LogP contribution < -0.4 is 0 Å². The number of ether oxygens (including phenoxy) is 1. The summed E-state index contributed by atoms with van der Waals surface area (Å²) in [5.74, 6) is 0.734. The molecule has 190 valence electrons. The second kappa shape index (κ2) is 7.29. The van der Waals surface area contributed by atoms with Gasteiger partial charge in [0.2, 0.25) is 0 Å². The first-order chi connectivity index (χ1) is 15.6. The van der Waals surface area contributed by atoms with Gasteiger partial charge in [0.05, 0.1) is 23.9 Å². The smallest absolute Gasteiger partial charge is 0.140 e. The molecule has 5 rings (SSSR count). The maximum atomic E-state index is 14.3. The van der Waals surface area contributed by atoms with E-state index >= 15 is 0 Å². The van der Waals surface area contributed by atoms with Gasteiger partial charge in [0.25, 0.3) is 0 Å². The number of Topliss-reactive ketones (excluding diaryl/α,β-unsaturated/α-hetero) is 1. The first kappa shape index (κ1) is 24.7. The predicted octanol–water partition coefficient (Wildman–Crippen LogP) is 5.62. The highest BCUT2D eigenvalue weighted by atomic mass is 16.5. The number of hydrogen-bond donors (Lipinski definition) is 2. The van der Waals surface area contributed by atoms with Gasteiger partial charge >= 0.3 is 0 Å². The van der Waals surface area contributed by atoms with Crippen molar-refractivity contribution in [1.29, 1.82) is 0 Å². The number of carbonyl (C=O) groups excluding carboxylic acids is 1. The van der Waals surface area contributed by atoms with Crippen LogP contribution in [0.5, 0.6) is 0 Å². The molecular formula is C30H46O4. The van der Waals surface area contributed by atoms with Crippen molar-refractivity contribution in [3.05, 3.63) is 23.3 Å². The highest BCUT2D eigenvalue weighted by Crippen LogP contribution is 2.75. The first-order valence-electron chi connectivity index (χ1n) is 13.5. The fourth-order valence-electron chi connectivity index (χ4n) is 9.95. The second-order valence-corrected chi connectivity index (χ2v) is 14.2. The minimum absolute atomic E-state index is 0.0375. The topological polar surface area (TPSA) is 66.8 Å². The van der Waals surface area contributed by atoms with E-state index in [2.05, 4.69) is 60.6 Å². The second-order valence-electron chi connectivity index (χ2n) is 14.2. The van der Waals surface area contributed by atoms with Crippen molar-refractivity contribution in [1.82, 2.24) is 0 Å². The number of hydrogen-bond acceptors (Lipinski definition) is 4. The molecule has 2 N–H and O–H groups in total. The van der Waals surface area contributed by atoms with Gasteiger partial charge in [-0.25, -0.2) is 0 Å². The molecule has 5 aliphatic rings. The molecule has 0 spiro atoms. The van der Waals surface area contributed by atoms with Gasteiger partial charge in [0.1, 0.15) is 5.78 Å². The highest BCUT2D eigenvalue weighted by molar-refractivity contribution is 5.88. The van der Waals surface area contributed by atoms with Crippen LogP contribution in [-0.2, 0) is 9.53 Å². The molecule has 10 unspecified atom stereocenters. The Morgan fingerprint density at radius 3 is 2.38 bits per heavy atom. The van der Waals surface area contributed by atoms with Gasteiger partial charge in [-0.2, -0.15) is 0 Å². The summed E-state index contributed by atoms with van der Waals surface area (Å²) < 4.78 is 6.68. The van der Waals surface area contributed by atoms with Crippen molar-refractivity contribution in [3.63, 3.8) is 0 Å². The Hall–Kier alpha value is -0.970. The summed E-state index contributed by atoms with van der Waals surface area (Å²) in [5.41, 5.74) is 0.535. The molecule has 4 heteroatoms. The highest BCUT2D eigenvalue weighted by Gasteiger charge is 2.74. The van der Waals surface area contributed by atoms with Crippen LogP contribution in [0.15, 0.2) is 23.3 Å². The van der Waals surface area contributed by atoms with Crippen LogP contribution in [0, 0.1) is 39.4 Å². The molecule has 4 fully saturated rings. The summed E-state index contributed by atoms with van der Waals surface area (Å²) in [7, 11) is 0. The van der Waals surface area contributed by atoms with E-state index in [0.717, 1.165) is 25.7 Å². The lowest BCUT2D eigenvalue weighted by Gasteiger charge is -2.65. The van der Waals surface area contributed by atoms with Crippen molar-refractivity contribution in [3.8, 4) is 0 Å². The Kier molecular flexibility index (Phi) is 5.30. The number of carbonyl (C=O) groups is 1. The zero-order chi connectivity index (χ0) is 25.1. The third-order valence-electron chi connectivity index (χ3n) is 11.7. The van der Waals surface area contributed by atoms with E-state index in [1.807, 2.05) is 6.92 Å². The number of allylic oxidation sites excluding steroid dienone is 2. The lowest BCUT2D eigenvalue weighted by Crippen LogP contribution is -2.64. The molecule has 1 saturated heterocycles. The summed E-state index contributed by atoms with van der Waals surface area (Å²) in [4.78, 5) is 14.3. The van der Waals surface area contributed by atoms with Crippen LogP contribution in [0.1, 0.15) is 93.9 Å². The SMILES string of the molecule is CC(C)=CC1CC(C)(O)C2C(CC3(C)C4CC=C5C(CCC(O)C5(C)C)C4(C)C(=O)CC23C)O1. The molecule has 34 heavy (non-hydrogen) atoms. The molecule has 1 heterocycles. The molecule has 10 atom stereocenters. The standard InChI is InChI=1S/C30H46O4/c1-17(2)13-18-14-29(7,33)25-21(34-18)15-27(5)22-11-9-19-20(10-12-23(31)26(19,3)4)30(22,8)24(32)16-28(25,27)6/h9,13,18,20-23,25,31,33H,10-12,14-16H2,1-8H3. The molecule has 0 aromatic carbocycles. The van der Waals surface area contributed by atoms with Gasteiger partial charge in [0.15, 0.2) is 0 Å². The van der Waals surface area contributed by atoms with Crippen molar-refractivity contribution < 1.29 is 19.7 Å². The van der Waals surface area contributed by atoms with Crippen LogP contribution in [0.4, 0.5) is 0 Å². The normalized spacial score (nSPS) is 53.7. The molecule has 4 aliphatic carbocycles. The largest absolute Gasteiger partial charge is 0.392 e. The molecular weight excluding hydrogens is 424 g/mol. The molecule has 3 saturated carbocycles. The lowest BCUT2D eigenvalue weighted by molar-refractivity contribution is -0.200. The van der Waals surface area contributed by atoms with Gasteiger partial charge in [-0.3, -0.25) is 4.79 Å². The van der Waals surface area contributed by atoms with Crippen LogP contribution in [-0.4, -0.2) is 39.9 Å². The van der Waals surface area contributed by atoms with Crippen molar-refractivity contribution in [2.24, 2.45) is 39.4 Å². The summed E-state index contributed by atoms with van der Waals surface area (Å²) in [5, 5.41) is 22.6. The Morgan fingerprint density at radius 2 is 1.74 bits per heavy atom.